The summed E-state index contributed by atoms with van der Waals surface area (Å²) < 4.78 is 0. The molecule has 0 atom stereocenters. The predicted molar refractivity (Wildman–Crippen MR) is 95.3 cm³/mol. The molecule has 0 aliphatic heterocycles. The van der Waals surface area contributed by atoms with Gasteiger partial charge in [-0.2, -0.15) is 0 Å². The molecule has 0 radical (unpaired) electrons. The number of anilines is 1. The van der Waals surface area contributed by atoms with Crippen LogP contribution in [0.15, 0.2) is 18.3 Å². The Morgan fingerprint density at radius 2 is 1.91 bits per heavy atom. The van der Waals surface area contributed by atoms with E-state index in [0.29, 0.717) is 12.0 Å². The molecule has 1 amide bonds. The van der Waals surface area contributed by atoms with Gasteiger partial charge in [0.1, 0.15) is 5.82 Å². The summed E-state index contributed by atoms with van der Waals surface area (Å²) >= 11 is 0. The Kier molecular flexibility index (Phi) is 5.66. The second kappa shape index (κ2) is 7.33. The van der Waals surface area contributed by atoms with E-state index in [1.54, 1.807) is 6.20 Å². The second-order valence-electron chi connectivity index (χ2n) is 8.01. The molecule has 1 aliphatic carbocycles. The van der Waals surface area contributed by atoms with Crippen molar-refractivity contribution >= 4 is 11.7 Å². The lowest BCUT2D eigenvalue weighted by atomic mass is 9.69. The molecule has 0 saturated heterocycles. The lowest BCUT2D eigenvalue weighted by Crippen LogP contribution is -2.35. The zero-order chi connectivity index (χ0) is 17.0. The number of nitrogens with one attached hydrogen (secondary N) is 1. The van der Waals surface area contributed by atoms with Gasteiger partial charge in [0.05, 0.1) is 0 Å². The molecule has 1 aromatic heterocycles. The lowest BCUT2D eigenvalue weighted by molar-refractivity contribution is -0.126. The minimum absolute atomic E-state index is 0.174. The highest BCUT2D eigenvalue weighted by atomic mass is 16.1. The molecular formula is C19H31N3O. The van der Waals surface area contributed by atoms with Crippen molar-refractivity contribution in [2.45, 2.75) is 53.0 Å². The molecule has 2 rings (SSSR count). The van der Waals surface area contributed by atoms with Gasteiger partial charge in [0.2, 0.25) is 5.91 Å². The van der Waals surface area contributed by atoms with E-state index in [1.807, 2.05) is 31.1 Å². The van der Waals surface area contributed by atoms with E-state index >= 15 is 0 Å². The molecular weight excluding hydrogens is 286 g/mol. The summed E-state index contributed by atoms with van der Waals surface area (Å²) in [6.07, 6.45) is 6.14. The van der Waals surface area contributed by atoms with Crippen molar-refractivity contribution in [3.8, 4) is 0 Å². The second-order valence-corrected chi connectivity index (χ2v) is 8.01. The van der Waals surface area contributed by atoms with Gasteiger partial charge in [0, 0.05) is 38.3 Å². The summed E-state index contributed by atoms with van der Waals surface area (Å²) in [7, 11) is 3.95. The number of pyridine rings is 1. The molecule has 1 saturated carbocycles. The van der Waals surface area contributed by atoms with Crippen LogP contribution in [0.3, 0.4) is 0 Å². The molecule has 0 unspecified atom stereocenters. The number of carbonyl (C=O) groups excluding carboxylic acids is 1. The highest BCUT2D eigenvalue weighted by Crippen LogP contribution is 2.39. The highest BCUT2D eigenvalue weighted by Gasteiger charge is 2.32. The lowest BCUT2D eigenvalue weighted by Gasteiger charge is -2.36. The molecule has 1 aromatic rings. The minimum Gasteiger partial charge on any atom is -0.362 e. The molecule has 4 nitrogen and oxygen atoms in total. The third kappa shape index (κ3) is 4.69. The molecule has 1 aliphatic rings. The number of nitrogens with zero attached hydrogens (tertiary/aromatic N) is 2. The van der Waals surface area contributed by atoms with E-state index in [4.69, 9.17) is 0 Å². The van der Waals surface area contributed by atoms with Crippen LogP contribution in [0.4, 0.5) is 5.82 Å². The van der Waals surface area contributed by atoms with Crippen molar-refractivity contribution in [1.82, 2.24) is 10.3 Å². The summed E-state index contributed by atoms with van der Waals surface area (Å²) in [5.74, 6) is 2.04. The van der Waals surface area contributed by atoms with Crippen LogP contribution in [0.2, 0.25) is 0 Å². The van der Waals surface area contributed by atoms with E-state index in [-0.39, 0.29) is 11.8 Å². The summed E-state index contributed by atoms with van der Waals surface area (Å²) in [5, 5.41) is 3.11. The molecule has 1 heterocycles. The first-order valence-electron chi connectivity index (χ1n) is 8.68. The van der Waals surface area contributed by atoms with Crippen LogP contribution >= 0.6 is 0 Å². The average Bonchev–Trinajstić information content (AvgIpc) is 2.52. The van der Waals surface area contributed by atoms with Crippen LogP contribution in [0.1, 0.15) is 52.0 Å². The number of rotatable bonds is 4. The van der Waals surface area contributed by atoms with E-state index in [0.717, 1.165) is 43.0 Å². The largest absolute Gasteiger partial charge is 0.362 e. The number of carbonyl (C=O) groups is 1. The summed E-state index contributed by atoms with van der Waals surface area (Å²) in [6, 6.07) is 3.95. The van der Waals surface area contributed by atoms with Gasteiger partial charge in [-0.05, 0) is 43.1 Å². The van der Waals surface area contributed by atoms with E-state index < -0.39 is 0 Å². The normalized spacial score (nSPS) is 21.8. The Morgan fingerprint density at radius 1 is 1.26 bits per heavy atom. The molecule has 1 N–H and O–H groups in total. The first-order valence-corrected chi connectivity index (χ1v) is 8.68. The molecule has 128 valence electrons. The summed E-state index contributed by atoms with van der Waals surface area (Å²) in [6.45, 7) is 7.48. The maximum atomic E-state index is 12.5. The molecule has 1 fully saturated rings. The van der Waals surface area contributed by atoms with Crippen LogP contribution in [0, 0.1) is 17.3 Å². The maximum Gasteiger partial charge on any atom is 0.223 e. The topological polar surface area (TPSA) is 45.2 Å². The van der Waals surface area contributed by atoms with Gasteiger partial charge in [-0.3, -0.25) is 4.79 Å². The number of amides is 1. The molecule has 0 aromatic carbocycles. The van der Waals surface area contributed by atoms with E-state index in [9.17, 15) is 4.79 Å². The minimum atomic E-state index is 0.174. The third-order valence-electron chi connectivity index (χ3n) is 5.07. The first-order chi connectivity index (χ1) is 10.8. The van der Waals surface area contributed by atoms with E-state index in [1.165, 1.54) is 0 Å². The van der Waals surface area contributed by atoms with Crippen molar-refractivity contribution in [2.24, 2.45) is 17.3 Å². The molecule has 0 spiro atoms. The third-order valence-corrected chi connectivity index (χ3v) is 5.07. The standard InChI is InChI=1S/C19H31N3O/c1-19(2,3)16-10-8-14(9-11-16)18(23)21-13-15-7-6-12-20-17(15)22(4)5/h6-7,12,14,16H,8-11,13H2,1-5H3,(H,21,23). The zero-order valence-corrected chi connectivity index (χ0v) is 15.2. The summed E-state index contributed by atoms with van der Waals surface area (Å²) in [5.41, 5.74) is 1.42. The number of hydrogen-bond donors (Lipinski definition) is 1. The van der Waals surface area contributed by atoms with Crippen molar-refractivity contribution < 1.29 is 4.79 Å². The highest BCUT2D eigenvalue weighted by molar-refractivity contribution is 5.78. The van der Waals surface area contributed by atoms with Crippen LogP contribution in [0.25, 0.3) is 0 Å². The predicted octanol–water partition coefficient (Wildman–Crippen LogP) is 3.62. The van der Waals surface area contributed by atoms with Crippen LogP contribution in [-0.2, 0) is 11.3 Å². The fourth-order valence-electron chi connectivity index (χ4n) is 3.52. The van der Waals surface area contributed by atoms with Gasteiger partial charge in [-0.15, -0.1) is 0 Å². The Bertz CT molecular complexity index is 526. The van der Waals surface area contributed by atoms with Crippen molar-refractivity contribution in [2.75, 3.05) is 19.0 Å². The van der Waals surface area contributed by atoms with Crippen LogP contribution < -0.4 is 10.2 Å². The van der Waals surface area contributed by atoms with Gasteiger partial charge < -0.3 is 10.2 Å². The quantitative estimate of drug-likeness (QED) is 0.922. The molecule has 23 heavy (non-hydrogen) atoms. The molecule has 0 bridgehead atoms. The SMILES string of the molecule is CN(C)c1ncccc1CNC(=O)C1CCC(C(C)(C)C)CC1. The smallest absolute Gasteiger partial charge is 0.223 e. The van der Waals surface area contributed by atoms with Gasteiger partial charge >= 0.3 is 0 Å². The monoisotopic (exact) mass is 317 g/mol. The van der Waals surface area contributed by atoms with Gasteiger partial charge in [-0.25, -0.2) is 4.98 Å². The van der Waals surface area contributed by atoms with Gasteiger partial charge in [0.15, 0.2) is 0 Å². The Balaban J connectivity index is 1.87. The van der Waals surface area contributed by atoms with Gasteiger partial charge in [0.25, 0.3) is 0 Å². The molecule has 4 heteroatoms. The van der Waals surface area contributed by atoms with Crippen molar-refractivity contribution in [1.29, 1.82) is 0 Å². The van der Waals surface area contributed by atoms with Crippen molar-refractivity contribution in [3.05, 3.63) is 23.9 Å². The summed E-state index contributed by atoms with van der Waals surface area (Å²) in [4.78, 5) is 18.8. The van der Waals surface area contributed by atoms with Crippen LogP contribution in [-0.4, -0.2) is 25.0 Å². The first kappa shape index (κ1) is 17.8. The zero-order valence-electron chi connectivity index (χ0n) is 15.2. The van der Waals surface area contributed by atoms with Crippen molar-refractivity contribution in [3.63, 3.8) is 0 Å². The number of hydrogen-bond acceptors (Lipinski definition) is 3. The van der Waals surface area contributed by atoms with Gasteiger partial charge in [-0.1, -0.05) is 26.8 Å². The Labute approximate surface area is 140 Å². The Morgan fingerprint density at radius 3 is 2.48 bits per heavy atom. The fourth-order valence-corrected chi connectivity index (χ4v) is 3.52. The van der Waals surface area contributed by atoms with Crippen LogP contribution in [0.5, 0.6) is 0 Å². The van der Waals surface area contributed by atoms with E-state index in [2.05, 4.69) is 31.1 Å². The number of aromatic nitrogens is 1. The maximum absolute atomic E-state index is 12.5. The average molecular weight is 317 g/mol. The fraction of sp³-hybridized carbons (Fsp3) is 0.684. The Hall–Kier alpha value is -1.58.